The lowest BCUT2D eigenvalue weighted by Gasteiger charge is -2.36. The van der Waals surface area contributed by atoms with Gasteiger partial charge in [0.25, 0.3) is 0 Å². The Balaban J connectivity index is 0.000000347. The molecule has 0 aromatic heterocycles. The van der Waals surface area contributed by atoms with Crippen LogP contribution in [0.3, 0.4) is 0 Å². The zero-order valence-corrected chi connectivity index (χ0v) is 22.1. The van der Waals surface area contributed by atoms with Crippen LogP contribution in [0.5, 0.6) is 0 Å². The minimum atomic E-state index is 0.614. The maximum atomic E-state index is 11.2. The van der Waals surface area contributed by atoms with E-state index in [1.54, 1.807) is 0 Å². The number of anilines is 1. The van der Waals surface area contributed by atoms with E-state index >= 15 is 0 Å². The van der Waals surface area contributed by atoms with Crippen molar-refractivity contribution in [2.75, 3.05) is 32.1 Å². The van der Waals surface area contributed by atoms with Crippen molar-refractivity contribution < 1.29 is 9.59 Å². The Kier molecular flexibility index (Phi) is 13.2. The van der Waals surface area contributed by atoms with Crippen molar-refractivity contribution in [2.24, 2.45) is 0 Å². The number of allylic oxidation sites excluding steroid dienone is 3. The van der Waals surface area contributed by atoms with Crippen LogP contribution in [-0.2, 0) is 4.79 Å². The highest BCUT2D eigenvalue weighted by molar-refractivity contribution is 9.10. The molecule has 2 rings (SSSR count). The van der Waals surface area contributed by atoms with Gasteiger partial charge in [-0.1, -0.05) is 35.2 Å². The molecular weight excluding hydrogens is 466 g/mol. The third-order valence-corrected chi connectivity index (χ3v) is 6.48. The molecule has 0 heterocycles. The normalized spacial score (nSPS) is 15.3. The number of carbonyl (C=O) groups excluding carboxylic acids is 2. The van der Waals surface area contributed by atoms with E-state index in [2.05, 4.69) is 51.4 Å². The molecule has 2 N–H and O–H groups in total. The number of carbonyl (C=O) groups is 2. The summed E-state index contributed by atoms with van der Waals surface area (Å²) in [6, 6.07) is 4.69. The van der Waals surface area contributed by atoms with Gasteiger partial charge in [-0.05, 0) is 76.9 Å². The second kappa shape index (κ2) is 15.0. The Labute approximate surface area is 202 Å². The Morgan fingerprint density at radius 1 is 1.16 bits per heavy atom. The number of nitrogens with one attached hydrogen (secondary N) is 2. The van der Waals surface area contributed by atoms with Gasteiger partial charge in [0.2, 0.25) is 0 Å². The lowest BCUT2D eigenvalue weighted by atomic mass is 9.93. The van der Waals surface area contributed by atoms with Crippen molar-refractivity contribution >= 4 is 34.2 Å². The lowest BCUT2D eigenvalue weighted by molar-refractivity contribution is -0.105. The summed E-state index contributed by atoms with van der Waals surface area (Å²) in [6.45, 7) is 9.77. The van der Waals surface area contributed by atoms with E-state index in [1.165, 1.54) is 37.8 Å². The maximum absolute atomic E-state index is 11.2. The average molecular weight is 507 g/mol. The summed E-state index contributed by atoms with van der Waals surface area (Å²) < 4.78 is 0.990. The summed E-state index contributed by atoms with van der Waals surface area (Å²) in [5, 5.41) is 5.96. The average Bonchev–Trinajstić information content (AvgIpc) is 2.80. The van der Waals surface area contributed by atoms with E-state index in [1.807, 2.05) is 40.1 Å². The summed E-state index contributed by atoms with van der Waals surface area (Å²) in [5.41, 5.74) is 5.94. The van der Waals surface area contributed by atoms with E-state index in [9.17, 15) is 9.59 Å². The smallest absolute Gasteiger partial charge is 0.150 e. The minimum absolute atomic E-state index is 0.614. The second-order valence-corrected chi connectivity index (χ2v) is 9.18. The van der Waals surface area contributed by atoms with Gasteiger partial charge in [-0.25, -0.2) is 0 Å². The second-order valence-electron chi connectivity index (χ2n) is 8.27. The lowest BCUT2D eigenvalue weighted by Crippen LogP contribution is -2.37. The van der Waals surface area contributed by atoms with Crippen molar-refractivity contribution in [1.82, 2.24) is 10.6 Å². The zero-order valence-electron chi connectivity index (χ0n) is 20.6. The Hall–Kier alpha value is -1.92. The number of halogens is 1. The van der Waals surface area contributed by atoms with Gasteiger partial charge < -0.3 is 15.5 Å². The van der Waals surface area contributed by atoms with Crippen LogP contribution in [0.4, 0.5) is 5.69 Å². The maximum Gasteiger partial charge on any atom is 0.150 e. The van der Waals surface area contributed by atoms with Crippen LogP contribution < -0.4 is 15.5 Å². The number of aldehydes is 2. The van der Waals surface area contributed by atoms with Crippen molar-refractivity contribution in [3.05, 3.63) is 50.7 Å². The van der Waals surface area contributed by atoms with Gasteiger partial charge in [0.05, 0.1) is 0 Å². The van der Waals surface area contributed by atoms with E-state index in [-0.39, 0.29) is 0 Å². The quantitative estimate of drug-likeness (QED) is 0.260. The Bertz CT molecular complexity index is 812. The summed E-state index contributed by atoms with van der Waals surface area (Å²) in [4.78, 5) is 24.3. The minimum Gasteiger partial charge on any atom is -0.392 e. The van der Waals surface area contributed by atoms with Crippen LogP contribution in [-0.4, -0.2) is 45.8 Å². The van der Waals surface area contributed by atoms with Gasteiger partial charge in [0, 0.05) is 53.2 Å². The van der Waals surface area contributed by atoms with Gasteiger partial charge in [0.15, 0.2) is 0 Å². The summed E-state index contributed by atoms with van der Waals surface area (Å²) in [7, 11) is 3.68. The van der Waals surface area contributed by atoms with Gasteiger partial charge in [-0.3, -0.25) is 9.59 Å². The fourth-order valence-electron chi connectivity index (χ4n) is 4.08. The van der Waals surface area contributed by atoms with Crippen LogP contribution in [0.2, 0.25) is 0 Å². The van der Waals surface area contributed by atoms with Crippen molar-refractivity contribution in [3.8, 4) is 0 Å². The van der Waals surface area contributed by atoms with E-state index in [0.29, 0.717) is 12.6 Å². The van der Waals surface area contributed by atoms with E-state index < -0.39 is 0 Å². The summed E-state index contributed by atoms with van der Waals surface area (Å²) >= 11 is 3.52. The Morgan fingerprint density at radius 3 is 2.31 bits per heavy atom. The summed E-state index contributed by atoms with van der Waals surface area (Å²) in [5.74, 6) is 0. The van der Waals surface area contributed by atoms with Crippen LogP contribution >= 0.6 is 15.9 Å². The third-order valence-electron chi connectivity index (χ3n) is 6.02. The molecule has 0 atom stereocenters. The SMILES string of the molecule is CCN(c1cc(Br)cc(C=O)c1C)C1CCCCC1.CNC/C(C=O)=C(C)/C=C(/C)NC. The van der Waals surface area contributed by atoms with Crippen LogP contribution in [0.15, 0.2) is 39.5 Å². The largest absolute Gasteiger partial charge is 0.392 e. The van der Waals surface area contributed by atoms with E-state index in [0.717, 1.165) is 51.6 Å². The first-order valence-electron chi connectivity index (χ1n) is 11.5. The van der Waals surface area contributed by atoms with Crippen LogP contribution in [0.1, 0.15) is 68.8 Å². The molecule has 0 amide bonds. The molecule has 0 bridgehead atoms. The molecule has 1 fully saturated rings. The standard InChI is InChI=1S/C16H22BrNO.C10H18N2O/c1-3-18(15-7-5-4-6-8-15)16-10-14(17)9-13(11-19)12(16)2;1-8(5-9(2)12-4)10(7-13)6-11-3/h9-11,15H,3-8H2,1-2H3;5,7,11-12H,6H2,1-4H3/b;9-5-,10-8-. The molecule has 0 saturated heterocycles. The highest BCUT2D eigenvalue weighted by Crippen LogP contribution is 2.32. The molecule has 0 unspecified atom stereocenters. The van der Waals surface area contributed by atoms with E-state index in [4.69, 9.17) is 0 Å². The molecule has 1 aliphatic rings. The molecule has 32 heavy (non-hydrogen) atoms. The fourth-order valence-corrected chi connectivity index (χ4v) is 4.54. The number of likely N-dealkylation sites (N-methyl/N-ethyl adjacent to an activating group) is 1. The monoisotopic (exact) mass is 505 g/mol. The van der Waals surface area contributed by atoms with Gasteiger partial charge in [-0.15, -0.1) is 0 Å². The highest BCUT2D eigenvalue weighted by Gasteiger charge is 2.22. The van der Waals surface area contributed by atoms with Gasteiger partial charge >= 0.3 is 0 Å². The zero-order chi connectivity index (χ0) is 24.1. The first-order chi connectivity index (χ1) is 15.3. The molecule has 1 aromatic carbocycles. The van der Waals surface area contributed by atoms with Gasteiger partial charge in [0.1, 0.15) is 12.6 Å². The predicted molar refractivity (Wildman–Crippen MR) is 140 cm³/mol. The first kappa shape index (κ1) is 28.1. The molecule has 1 aliphatic carbocycles. The highest BCUT2D eigenvalue weighted by atomic mass is 79.9. The molecule has 1 aromatic rings. The number of rotatable bonds is 9. The molecule has 0 radical (unpaired) electrons. The summed E-state index contributed by atoms with van der Waals surface area (Å²) in [6.07, 6.45) is 10.4. The van der Waals surface area contributed by atoms with Crippen LogP contribution in [0.25, 0.3) is 0 Å². The molecule has 178 valence electrons. The molecule has 6 heteroatoms. The van der Waals surface area contributed by atoms with Crippen molar-refractivity contribution in [3.63, 3.8) is 0 Å². The topological polar surface area (TPSA) is 61.4 Å². The van der Waals surface area contributed by atoms with Crippen LogP contribution in [0, 0.1) is 6.92 Å². The molecule has 5 nitrogen and oxygen atoms in total. The van der Waals surface area contributed by atoms with Crippen molar-refractivity contribution in [1.29, 1.82) is 0 Å². The van der Waals surface area contributed by atoms with Gasteiger partial charge in [-0.2, -0.15) is 0 Å². The molecular formula is C26H40BrN3O2. The number of benzene rings is 1. The number of nitrogens with zero attached hydrogens (tertiary/aromatic N) is 1. The third kappa shape index (κ3) is 8.55. The number of hydrogen-bond acceptors (Lipinski definition) is 5. The molecule has 0 spiro atoms. The molecule has 1 saturated carbocycles. The predicted octanol–water partition coefficient (Wildman–Crippen LogP) is 5.57. The Morgan fingerprint density at radius 2 is 1.81 bits per heavy atom. The molecule has 0 aliphatic heterocycles. The number of hydrogen-bond donors (Lipinski definition) is 2. The van der Waals surface area contributed by atoms with Crippen molar-refractivity contribution in [2.45, 2.75) is 65.8 Å². The fraction of sp³-hybridized carbons (Fsp3) is 0.538. The first-order valence-corrected chi connectivity index (χ1v) is 12.3.